The van der Waals surface area contributed by atoms with Gasteiger partial charge in [0.2, 0.25) is 0 Å². The van der Waals surface area contributed by atoms with E-state index in [-0.39, 0.29) is 22.7 Å². The summed E-state index contributed by atoms with van der Waals surface area (Å²) in [6.07, 6.45) is 7.07. The Kier molecular flexibility index (Phi) is 4.74. The molecule has 2 aliphatic heterocycles. The van der Waals surface area contributed by atoms with Crippen molar-refractivity contribution in [2.75, 3.05) is 0 Å². The van der Waals surface area contributed by atoms with Gasteiger partial charge in [0.05, 0.1) is 11.2 Å². The van der Waals surface area contributed by atoms with E-state index in [1.54, 1.807) is 32.1 Å². The van der Waals surface area contributed by atoms with E-state index in [1.165, 1.54) is 6.08 Å². The van der Waals surface area contributed by atoms with E-state index in [0.717, 1.165) is 16.9 Å². The molecule has 0 amide bonds. The minimum atomic E-state index is -1.05. The van der Waals surface area contributed by atoms with Crippen LogP contribution in [0.2, 0.25) is 0 Å². The van der Waals surface area contributed by atoms with Crippen molar-refractivity contribution in [3.8, 4) is 17.2 Å². The summed E-state index contributed by atoms with van der Waals surface area (Å²) in [5.41, 5.74) is 1.21. The van der Waals surface area contributed by atoms with E-state index in [9.17, 15) is 15.0 Å². The normalized spacial score (nSPS) is 19.2. The number of phenolic OH excluding ortho intramolecular Hbond substituents is 1. The molecule has 1 unspecified atom stereocenters. The monoisotopic (exact) mass is 406 g/mol. The number of ketones is 1. The number of hydrogen-bond donors (Lipinski definition) is 2. The third-order valence-corrected chi connectivity index (χ3v) is 5.45. The minimum absolute atomic E-state index is 0.0853. The molecule has 2 heterocycles. The number of carbonyl (C=O) groups excluding carboxylic acids is 1. The number of phenols is 1. The molecule has 4 rings (SSSR count). The molecule has 1 atom stereocenters. The number of carbonyl (C=O) groups is 1. The maximum atomic E-state index is 12.7. The number of fused-ring (bicyclic) bond motifs is 2. The van der Waals surface area contributed by atoms with E-state index in [1.807, 2.05) is 44.2 Å². The van der Waals surface area contributed by atoms with E-state index < -0.39 is 11.7 Å². The summed E-state index contributed by atoms with van der Waals surface area (Å²) >= 11 is 0. The van der Waals surface area contributed by atoms with Crippen molar-refractivity contribution in [2.45, 2.75) is 51.4 Å². The van der Waals surface area contributed by atoms with E-state index in [0.29, 0.717) is 17.7 Å². The summed E-state index contributed by atoms with van der Waals surface area (Å²) in [6.45, 7) is 7.32. The molecule has 0 aliphatic carbocycles. The van der Waals surface area contributed by atoms with Crippen LogP contribution in [-0.4, -0.2) is 33.3 Å². The summed E-state index contributed by atoms with van der Waals surface area (Å²) in [7, 11) is 0. The summed E-state index contributed by atoms with van der Waals surface area (Å²) in [5, 5.41) is 20.8. The molecule has 30 heavy (non-hydrogen) atoms. The molecule has 2 aliphatic rings. The van der Waals surface area contributed by atoms with Crippen molar-refractivity contribution in [1.29, 1.82) is 0 Å². The zero-order chi connectivity index (χ0) is 21.7. The first kappa shape index (κ1) is 20.2. The number of benzene rings is 2. The molecule has 156 valence electrons. The molecule has 0 spiro atoms. The summed E-state index contributed by atoms with van der Waals surface area (Å²) in [4.78, 5) is 12.7. The predicted molar refractivity (Wildman–Crippen MR) is 116 cm³/mol. The molecule has 0 radical (unpaired) electrons. The average Bonchev–Trinajstić information content (AvgIpc) is 3.11. The Bertz CT molecular complexity index is 1070. The zero-order valence-corrected chi connectivity index (χ0v) is 17.6. The van der Waals surface area contributed by atoms with Gasteiger partial charge >= 0.3 is 0 Å². The Hall–Kier alpha value is -3.05. The first-order valence-electron chi connectivity index (χ1n) is 10.0. The van der Waals surface area contributed by atoms with Crippen molar-refractivity contribution in [2.24, 2.45) is 0 Å². The van der Waals surface area contributed by atoms with E-state index in [2.05, 4.69) is 0 Å². The maximum absolute atomic E-state index is 12.7. The molecular weight excluding hydrogens is 380 g/mol. The molecule has 0 saturated carbocycles. The second kappa shape index (κ2) is 7.03. The molecule has 2 aromatic rings. The van der Waals surface area contributed by atoms with Gasteiger partial charge in [-0.25, -0.2) is 0 Å². The summed E-state index contributed by atoms with van der Waals surface area (Å²) in [6, 6.07) is 8.97. The summed E-state index contributed by atoms with van der Waals surface area (Å²) < 4.78 is 11.6. The number of rotatable bonds is 4. The van der Waals surface area contributed by atoms with Gasteiger partial charge in [0, 0.05) is 17.5 Å². The predicted octanol–water partition coefficient (Wildman–Crippen LogP) is 4.55. The maximum Gasteiger partial charge on any atom is 0.189 e. The van der Waals surface area contributed by atoms with Crippen LogP contribution in [0.1, 0.15) is 54.7 Å². The highest BCUT2D eigenvalue weighted by atomic mass is 16.5. The van der Waals surface area contributed by atoms with Gasteiger partial charge in [-0.1, -0.05) is 18.2 Å². The van der Waals surface area contributed by atoms with Gasteiger partial charge in [0.15, 0.2) is 5.78 Å². The smallest absolute Gasteiger partial charge is 0.189 e. The SMILES string of the molecule is CC1(C)C=Cc2cc(/C=C/C(=O)c3ccc4c(c3O)CC(C(C)(C)O)O4)ccc2O1. The molecule has 0 saturated heterocycles. The van der Waals surface area contributed by atoms with Crippen LogP contribution in [0.5, 0.6) is 17.2 Å². The van der Waals surface area contributed by atoms with Crippen molar-refractivity contribution < 1.29 is 24.5 Å². The lowest BCUT2D eigenvalue weighted by Gasteiger charge is -2.27. The highest BCUT2D eigenvalue weighted by Gasteiger charge is 2.37. The zero-order valence-electron chi connectivity index (χ0n) is 17.6. The lowest BCUT2D eigenvalue weighted by atomic mass is 9.95. The van der Waals surface area contributed by atoms with Crippen molar-refractivity contribution in [1.82, 2.24) is 0 Å². The third-order valence-electron chi connectivity index (χ3n) is 5.45. The Morgan fingerprint density at radius 3 is 2.67 bits per heavy atom. The van der Waals surface area contributed by atoms with Gasteiger partial charge in [-0.2, -0.15) is 0 Å². The van der Waals surface area contributed by atoms with Crippen LogP contribution in [0.15, 0.2) is 42.5 Å². The Morgan fingerprint density at radius 1 is 1.20 bits per heavy atom. The molecule has 5 nitrogen and oxygen atoms in total. The number of hydrogen-bond acceptors (Lipinski definition) is 5. The number of ether oxygens (including phenoxy) is 2. The van der Waals surface area contributed by atoms with Crippen LogP contribution in [0, 0.1) is 0 Å². The van der Waals surface area contributed by atoms with Crippen molar-refractivity contribution in [3.63, 3.8) is 0 Å². The van der Waals surface area contributed by atoms with Crippen LogP contribution < -0.4 is 9.47 Å². The second-order valence-electron chi connectivity index (χ2n) is 8.94. The van der Waals surface area contributed by atoms with Gasteiger partial charge < -0.3 is 19.7 Å². The van der Waals surface area contributed by atoms with Crippen LogP contribution in [0.3, 0.4) is 0 Å². The fourth-order valence-electron chi connectivity index (χ4n) is 3.66. The molecule has 2 N–H and O–H groups in total. The Morgan fingerprint density at radius 2 is 1.93 bits per heavy atom. The van der Waals surface area contributed by atoms with E-state index >= 15 is 0 Å². The highest BCUT2D eigenvalue weighted by Crippen LogP contribution is 2.40. The Labute approximate surface area is 176 Å². The summed E-state index contributed by atoms with van der Waals surface area (Å²) in [5.74, 6) is 0.929. The standard InChI is InChI=1S/C25H26O5/c1-24(2)12-11-16-13-15(6-9-20(16)30-24)5-8-19(26)17-7-10-21-18(23(17)27)14-22(29-21)25(3,4)28/h5-13,22,27-28H,14H2,1-4H3/b8-5+. The number of aromatic hydroxyl groups is 1. The first-order chi connectivity index (χ1) is 14.0. The van der Waals surface area contributed by atoms with Gasteiger partial charge in [0.1, 0.15) is 29.0 Å². The topological polar surface area (TPSA) is 76.0 Å². The van der Waals surface area contributed by atoms with Gasteiger partial charge in [-0.15, -0.1) is 0 Å². The van der Waals surface area contributed by atoms with Crippen LogP contribution in [-0.2, 0) is 6.42 Å². The fourth-order valence-corrected chi connectivity index (χ4v) is 3.66. The molecule has 0 fully saturated rings. The van der Waals surface area contributed by atoms with E-state index in [4.69, 9.17) is 9.47 Å². The van der Waals surface area contributed by atoms with Crippen LogP contribution in [0.4, 0.5) is 0 Å². The molecular formula is C25H26O5. The molecule has 0 bridgehead atoms. The Balaban J connectivity index is 1.54. The number of allylic oxidation sites excluding steroid dienone is 1. The number of aliphatic hydroxyl groups is 1. The average molecular weight is 406 g/mol. The lowest BCUT2D eigenvalue weighted by Crippen LogP contribution is -2.39. The quantitative estimate of drug-likeness (QED) is 0.576. The van der Waals surface area contributed by atoms with Crippen molar-refractivity contribution >= 4 is 17.9 Å². The molecule has 2 aromatic carbocycles. The van der Waals surface area contributed by atoms with Crippen molar-refractivity contribution in [3.05, 3.63) is 64.7 Å². The van der Waals surface area contributed by atoms with Gasteiger partial charge in [-0.3, -0.25) is 4.79 Å². The second-order valence-corrected chi connectivity index (χ2v) is 8.94. The minimum Gasteiger partial charge on any atom is -0.507 e. The largest absolute Gasteiger partial charge is 0.507 e. The van der Waals surface area contributed by atoms with Gasteiger partial charge in [-0.05, 0) is 69.7 Å². The lowest BCUT2D eigenvalue weighted by molar-refractivity contribution is -0.0229. The fraction of sp³-hybridized carbons (Fsp3) is 0.320. The highest BCUT2D eigenvalue weighted by molar-refractivity contribution is 6.09. The first-order valence-corrected chi connectivity index (χ1v) is 10.0. The third kappa shape index (κ3) is 3.85. The van der Waals surface area contributed by atoms with Crippen LogP contribution in [0.25, 0.3) is 12.2 Å². The van der Waals surface area contributed by atoms with Crippen LogP contribution >= 0.6 is 0 Å². The molecule has 0 aromatic heterocycles. The molecule has 5 heteroatoms. The van der Waals surface area contributed by atoms with Gasteiger partial charge in [0.25, 0.3) is 0 Å².